The molecule has 1 aromatic carbocycles. The zero-order valence-corrected chi connectivity index (χ0v) is 19.7. The number of benzene rings is 1. The third kappa shape index (κ3) is 11.7. The van der Waals surface area contributed by atoms with Crippen molar-refractivity contribution in [2.24, 2.45) is 0 Å². The van der Waals surface area contributed by atoms with E-state index in [1.165, 1.54) is 5.56 Å². The van der Waals surface area contributed by atoms with Crippen LogP contribution < -0.4 is 0 Å². The van der Waals surface area contributed by atoms with Crippen LogP contribution in [0, 0.1) is 0 Å². The summed E-state index contributed by atoms with van der Waals surface area (Å²) in [6, 6.07) is 10.4. The van der Waals surface area contributed by atoms with Gasteiger partial charge in [0.1, 0.15) is 18.0 Å². The first-order valence-electron chi connectivity index (χ1n) is 11.8. The van der Waals surface area contributed by atoms with Crippen molar-refractivity contribution in [2.75, 3.05) is 26.4 Å². The predicted molar refractivity (Wildman–Crippen MR) is 125 cm³/mol. The zero-order chi connectivity index (χ0) is 22.0. The second-order valence-corrected chi connectivity index (χ2v) is 7.88. The maximum atomic E-state index is 6.32. The van der Waals surface area contributed by atoms with E-state index in [4.69, 9.17) is 18.9 Å². The molecule has 1 unspecified atom stereocenters. The molecule has 0 aliphatic rings. The molecule has 0 radical (unpaired) electrons. The largest absolute Gasteiger partial charge is 0.487 e. The molecule has 30 heavy (non-hydrogen) atoms. The summed E-state index contributed by atoms with van der Waals surface area (Å²) in [5.74, 6) is 0.657. The summed E-state index contributed by atoms with van der Waals surface area (Å²) in [4.78, 5) is 0. The van der Waals surface area contributed by atoms with Crippen molar-refractivity contribution in [1.29, 1.82) is 0 Å². The van der Waals surface area contributed by atoms with Crippen molar-refractivity contribution < 1.29 is 18.9 Å². The van der Waals surface area contributed by atoms with Gasteiger partial charge in [-0.15, -0.1) is 0 Å². The lowest BCUT2D eigenvalue weighted by molar-refractivity contribution is -0.0924. The molecule has 0 saturated heterocycles. The fraction of sp³-hybridized carbons (Fsp3) is 0.692. The van der Waals surface area contributed by atoms with Gasteiger partial charge in [-0.25, -0.2) is 0 Å². The summed E-state index contributed by atoms with van der Waals surface area (Å²) in [7, 11) is 0. The van der Waals surface area contributed by atoms with Crippen LogP contribution in [-0.4, -0.2) is 44.7 Å². The van der Waals surface area contributed by atoms with Crippen molar-refractivity contribution in [3.8, 4) is 0 Å². The first kappa shape index (κ1) is 26.7. The van der Waals surface area contributed by atoms with Crippen molar-refractivity contribution in [3.05, 3.63) is 48.2 Å². The number of ether oxygens (including phenoxy) is 4. The summed E-state index contributed by atoms with van der Waals surface area (Å²) in [6.45, 7) is 15.5. The first-order chi connectivity index (χ1) is 14.6. The second kappa shape index (κ2) is 17.3. The molecule has 3 atom stereocenters. The summed E-state index contributed by atoms with van der Waals surface area (Å²) in [6.07, 6.45) is 6.76. The maximum absolute atomic E-state index is 6.32. The van der Waals surface area contributed by atoms with Gasteiger partial charge in [0.25, 0.3) is 0 Å². The van der Waals surface area contributed by atoms with E-state index in [0.717, 1.165) is 58.2 Å². The molecule has 0 heterocycles. The normalized spacial score (nSPS) is 14.3. The minimum atomic E-state index is -0.195. The summed E-state index contributed by atoms with van der Waals surface area (Å²) < 4.78 is 24.4. The molecule has 0 N–H and O–H groups in total. The molecular formula is C26H44O4. The minimum absolute atomic E-state index is 0.0667. The quantitative estimate of drug-likeness (QED) is 0.193. The van der Waals surface area contributed by atoms with Gasteiger partial charge in [-0.1, -0.05) is 76.9 Å². The van der Waals surface area contributed by atoms with Gasteiger partial charge in [0.2, 0.25) is 0 Å². The minimum Gasteiger partial charge on any atom is -0.487 e. The molecule has 0 saturated carbocycles. The van der Waals surface area contributed by atoms with Crippen LogP contribution in [-0.2, 0) is 25.4 Å². The van der Waals surface area contributed by atoms with Gasteiger partial charge in [0.05, 0.1) is 12.7 Å². The van der Waals surface area contributed by atoms with Crippen LogP contribution in [0.1, 0.15) is 71.8 Å². The monoisotopic (exact) mass is 420 g/mol. The predicted octanol–water partition coefficient (Wildman–Crippen LogP) is 6.34. The van der Waals surface area contributed by atoms with Gasteiger partial charge in [0, 0.05) is 26.2 Å². The highest BCUT2D eigenvalue weighted by atomic mass is 16.6. The first-order valence-corrected chi connectivity index (χ1v) is 11.8. The van der Waals surface area contributed by atoms with Gasteiger partial charge in [0.15, 0.2) is 0 Å². The van der Waals surface area contributed by atoms with Crippen LogP contribution in [0.15, 0.2) is 42.7 Å². The van der Waals surface area contributed by atoms with E-state index in [9.17, 15) is 0 Å². The molecule has 0 aromatic heterocycles. The highest BCUT2D eigenvalue weighted by Crippen LogP contribution is 2.19. The molecule has 0 aliphatic heterocycles. The topological polar surface area (TPSA) is 36.9 Å². The van der Waals surface area contributed by atoms with Crippen LogP contribution in [0.3, 0.4) is 0 Å². The average Bonchev–Trinajstić information content (AvgIpc) is 2.76. The van der Waals surface area contributed by atoms with Crippen molar-refractivity contribution in [1.82, 2.24) is 0 Å². The fourth-order valence-corrected chi connectivity index (χ4v) is 2.97. The molecule has 0 aliphatic carbocycles. The molecule has 0 spiro atoms. The van der Waals surface area contributed by atoms with E-state index in [2.05, 4.69) is 58.5 Å². The number of hydrogen-bond acceptors (Lipinski definition) is 4. The van der Waals surface area contributed by atoms with E-state index in [1.807, 2.05) is 6.07 Å². The van der Waals surface area contributed by atoms with Crippen LogP contribution in [0.2, 0.25) is 0 Å². The lowest BCUT2D eigenvalue weighted by Gasteiger charge is -2.29. The molecule has 172 valence electrons. The van der Waals surface area contributed by atoms with E-state index < -0.39 is 0 Å². The zero-order valence-electron chi connectivity index (χ0n) is 19.7. The third-order valence-corrected chi connectivity index (χ3v) is 5.07. The fourth-order valence-electron chi connectivity index (χ4n) is 2.97. The number of hydrogen-bond donors (Lipinski definition) is 0. The Morgan fingerprint density at radius 1 is 0.867 bits per heavy atom. The average molecular weight is 421 g/mol. The lowest BCUT2D eigenvalue weighted by Crippen LogP contribution is -2.36. The van der Waals surface area contributed by atoms with Crippen LogP contribution in [0.4, 0.5) is 0 Å². The molecule has 0 amide bonds. The Kier molecular flexibility index (Phi) is 15.4. The molecule has 0 fully saturated rings. The van der Waals surface area contributed by atoms with Gasteiger partial charge >= 0.3 is 0 Å². The molecular weight excluding hydrogens is 376 g/mol. The third-order valence-electron chi connectivity index (χ3n) is 5.07. The van der Waals surface area contributed by atoms with Crippen molar-refractivity contribution in [3.63, 3.8) is 0 Å². The van der Waals surface area contributed by atoms with Crippen molar-refractivity contribution in [2.45, 2.75) is 91.0 Å². The Hall–Kier alpha value is -1.36. The van der Waals surface area contributed by atoms with Crippen LogP contribution in [0.25, 0.3) is 0 Å². The van der Waals surface area contributed by atoms with Crippen molar-refractivity contribution >= 4 is 0 Å². The smallest absolute Gasteiger partial charge is 0.147 e. The molecule has 4 heteroatoms. The Morgan fingerprint density at radius 2 is 1.47 bits per heavy atom. The summed E-state index contributed by atoms with van der Waals surface area (Å²) in [5, 5.41) is 0. The lowest BCUT2D eigenvalue weighted by atomic mass is 10.1. The molecule has 0 bridgehead atoms. The Bertz CT molecular complexity index is 531. The van der Waals surface area contributed by atoms with Gasteiger partial charge in [-0.2, -0.15) is 0 Å². The standard InChI is InChI=1S/C26H44O4/c1-6-9-17-27-21-26(22(4)28-18-10-7-2)30-23(5)25(29-19-11-8-3)20-24-15-13-12-14-16-24/h12-16,22,25-26H,5-11,17-21H2,1-4H3/t22-,25+,26?/m1/s1. The van der Waals surface area contributed by atoms with E-state index >= 15 is 0 Å². The Labute approximate surface area is 184 Å². The van der Waals surface area contributed by atoms with Gasteiger partial charge < -0.3 is 18.9 Å². The van der Waals surface area contributed by atoms with Gasteiger partial charge in [-0.3, -0.25) is 0 Å². The molecule has 4 nitrogen and oxygen atoms in total. The van der Waals surface area contributed by atoms with Crippen LogP contribution in [0.5, 0.6) is 0 Å². The van der Waals surface area contributed by atoms with E-state index in [1.54, 1.807) is 0 Å². The van der Waals surface area contributed by atoms with Crippen LogP contribution >= 0.6 is 0 Å². The maximum Gasteiger partial charge on any atom is 0.147 e. The molecule has 1 rings (SSSR count). The van der Waals surface area contributed by atoms with Gasteiger partial charge in [-0.05, 0) is 31.7 Å². The SMILES string of the molecule is C=C(OC(COCCCC)[C@@H](C)OCCCC)[C@H](Cc1ccccc1)OCCCC. The number of rotatable bonds is 19. The second-order valence-electron chi connectivity index (χ2n) is 7.88. The summed E-state index contributed by atoms with van der Waals surface area (Å²) in [5.41, 5.74) is 1.21. The highest BCUT2D eigenvalue weighted by Gasteiger charge is 2.24. The Balaban J connectivity index is 2.75. The Morgan fingerprint density at radius 3 is 2.10 bits per heavy atom. The summed E-state index contributed by atoms with van der Waals surface area (Å²) >= 11 is 0. The number of unbranched alkanes of at least 4 members (excludes halogenated alkanes) is 3. The van der Waals surface area contributed by atoms with E-state index in [0.29, 0.717) is 19.0 Å². The van der Waals surface area contributed by atoms with E-state index in [-0.39, 0.29) is 18.3 Å². The highest BCUT2D eigenvalue weighted by molar-refractivity contribution is 5.17. The molecule has 1 aromatic rings.